The number of nitrogens with zero attached hydrogens (tertiary/aromatic N) is 1. The first-order valence-electron chi connectivity index (χ1n) is 12.6. The maximum atomic E-state index is 10.2. The van der Waals surface area contributed by atoms with E-state index in [0.29, 0.717) is 28.5 Å². The van der Waals surface area contributed by atoms with Gasteiger partial charge >= 0.3 is 0 Å². The van der Waals surface area contributed by atoms with Crippen LogP contribution in [0.2, 0.25) is 0 Å². The molecule has 3 fully saturated rings. The summed E-state index contributed by atoms with van der Waals surface area (Å²) in [6.07, 6.45) is 12.4. The average Bonchev–Trinajstić information content (AvgIpc) is 3.06. The fraction of sp³-hybridized carbons (Fsp3) is 0.923. The summed E-state index contributed by atoms with van der Waals surface area (Å²) in [5.74, 6) is 5.48. The summed E-state index contributed by atoms with van der Waals surface area (Å²) in [6.45, 7) is 10.7. The molecule has 4 rings (SSSR count). The molecule has 0 aromatic carbocycles. The maximum Gasteiger partial charge on any atom is 0.0577 e. The first kappa shape index (κ1) is 23.4. The SMILES string of the molecule is C[C@@H](CN(CCCl)CCCl)[C@H]1CC[C@H]2[C@@H]3CC=C4C[C@@H](O)CC[C@]4(C)[C@H]3CC[C@]12C. The van der Waals surface area contributed by atoms with E-state index in [1.54, 1.807) is 5.57 Å². The molecular weight excluding hydrogens is 413 g/mol. The highest BCUT2D eigenvalue weighted by atomic mass is 35.5. The van der Waals surface area contributed by atoms with Gasteiger partial charge in [-0.1, -0.05) is 32.4 Å². The third kappa shape index (κ3) is 4.02. The molecule has 0 amide bonds. The molecule has 30 heavy (non-hydrogen) atoms. The molecule has 4 heteroatoms. The van der Waals surface area contributed by atoms with Crippen molar-refractivity contribution in [3.8, 4) is 0 Å². The zero-order chi connectivity index (χ0) is 21.5. The van der Waals surface area contributed by atoms with Gasteiger partial charge in [-0.2, -0.15) is 0 Å². The number of aliphatic hydroxyl groups is 1. The van der Waals surface area contributed by atoms with Crippen molar-refractivity contribution in [1.29, 1.82) is 0 Å². The summed E-state index contributed by atoms with van der Waals surface area (Å²) < 4.78 is 0. The van der Waals surface area contributed by atoms with Gasteiger partial charge in [0.2, 0.25) is 0 Å². The number of hydrogen-bond donors (Lipinski definition) is 1. The molecule has 0 aromatic heterocycles. The van der Waals surface area contributed by atoms with E-state index >= 15 is 0 Å². The summed E-state index contributed by atoms with van der Waals surface area (Å²) in [5, 5.41) is 10.2. The lowest BCUT2D eigenvalue weighted by molar-refractivity contribution is -0.0583. The molecule has 4 aliphatic rings. The number of aliphatic hydroxyl groups excluding tert-OH is 1. The first-order valence-corrected chi connectivity index (χ1v) is 13.6. The highest BCUT2D eigenvalue weighted by Gasteiger charge is 2.59. The topological polar surface area (TPSA) is 23.5 Å². The van der Waals surface area contributed by atoms with Crippen LogP contribution in [-0.2, 0) is 0 Å². The van der Waals surface area contributed by atoms with Gasteiger partial charge in [0, 0.05) is 31.4 Å². The van der Waals surface area contributed by atoms with E-state index in [9.17, 15) is 5.11 Å². The lowest BCUT2D eigenvalue weighted by Gasteiger charge is -2.58. The molecule has 4 aliphatic carbocycles. The Morgan fingerprint density at radius 1 is 1.07 bits per heavy atom. The monoisotopic (exact) mass is 455 g/mol. The van der Waals surface area contributed by atoms with E-state index < -0.39 is 0 Å². The van der Waals surface area contributed by atoms with Gasteiger partial charge in [0.05, 0.1) is 6.10 Å². The molecule has 0 spiro atoms. The van der Waals surface area contributed by atoms with Crippen molar-refractivity contribution in [1.82, 2.24) is 4.90 Å². The molecule has 2 nitrogen and oxygen atoms in total. The maximum absolute atomic E-state index is 10.2. The van der Waals surface area contributed by atoms with Crippen LogP contribution < -0.4 is 0 Å². The third-order valence-corrected chi connectivity index (χ3v) is 10.5. The van der Waals surface area contributed by atoms with Gasteiger partial charge in [0.25, 0.3) is 0 Å². The molecule has 1 N–H and O–H groups in total. The van der Waals surface area contributed by atoms with Crippen LogP contribution in [0.1, 0.15) is 72.1 Å². The first-order chi connectivity index (χ1) is 14.3. The van der Waals surface area contributed by atoms with Crippen LogP contribution in [0, 0.1) is 40.4 Å². The third-order valence-electron chi connectivity index (χ3n) is 10.2. The molecule has 172 valence electrons. The Morgan fingerprint density at radius 3 is 2.50 bits per heavy atom. The van der Waals surface area contributed by atoms with Crippen molar-refractivity contribution in [3.63, 3.8) is 0 Å². The van der Waals surface area contributed by atoms with Gasteiger partial charge < -0.3 is 10.0 Å². The Morgan fingerprint density at radius 2 is 1.80 bits per heavy atom. The van der Waals surface area contributed by atoms with Crippen molar-refractivity contribution in [2.75, 3.05) is 31.4 Å². The molecule has 0 aromatic rings. The van der Waals surface area contributed by atoms with Gasteiger partial charge in [-0.3, -0.25) is 0 Å². The molecule has 0 bridgehead atoms. The van der Waals surface area contributed by atoms with Crippen molar-refractivity contribution in [2.45, 2.75) is 78.2 Å². The number of rotatable bonds is 7. The van der Waals surface area contributed by atoms with Crippen LogP contribution in [-0.4, -0.2) is 47.5 Å². The van der Waals surface area contributed by atoms with E-state index in [1.165, 1.54) is 38.5 Å². The normalized spacial score (nSPS) is 44.2. The molecule has 0 unspecified atom stereocenters. The molecule has 0 saturated heterocycles. The summed E-state index contributed by atoms with van der Waals surface area (Å²) >= 11 is 12.1. The van der Waals surface area contributed by atoms with Gasteiger partial charge in [-0.25, -0.2) is 0 Å². The highest BCUT2D eigenvalue weighted by Crippen LogP contribution is 2.67. The predicted octanol–water partition coefficient (Wildman–Crippen LogP) is 6.34. The zero-order valence-electron chi connectivity index (χ0n) is 19.4. The van der Waals surface area contributed by atoms with Gasteiger partial charge in [0.1, 0.15) is 0 Å². The molecule has 0 radical (unpaired) electrons. The highest BCUT2D eigenvalue weighted by molar-refractivity contribution is 6.18. The van der Waals surface area contributed by atoms with E-state index in [2.05, 4.69) is 31.7 Å². The number of fused-ring (bicyclic) bond motifs is 5. The van der Waals surface area contributed by atoms with Crippen molar-refractivity contribution < 1.29 is 5.11 Å². The molecule has 3 saturated carbocycles. The molecule has 8 atom stereocenters. The van der Waals surface area contributed by atoms with Crippen LogP contribution in [0.25, 0.3) is 0 Å². The minimum atomic E-state index is -0.102. The van der Waals surface area contributed by atoms with Gasteiger partial charge in [0.15, 0.2) is 0 Å². The van der Waals surface area contributed by atoms with Gasteiger partial charge in [-0.05, 0) is 91.8 Å². The van der Waals surface area contributed by atoms with Crippen molar-refractivity contribution in [3.05, 3.63) is 11.6 Å². The second kappa shape index (κ2) is 9.24. The van der Waals surface area contributed by atoms with Crippen molar-refractivity contribution >= 4 is 23.2 Å². The van der Waals surface area contributed by atoms with Crippen LogP contribution in [0.5, 0.6) is 0 Å². The standard InChI is InChI=1S/C26H43Cl2NO/c1-18(17-29(14-12-27)15-13-28)22-6-7-23-21-5-4-19-16-20(30)8-10-25(19,2)24(21)9-11-26(22,23)3/h4,18,20-24,30H,5-17H2,1-3H3/t18-,20-,21-,22+,23-,24-,25-,26+/m0/s1. The lowest BCUT2D eigenvalue weighted by atomic mass is 9.47. The summed E-state index contributed by atoms with van der Waals surface area (Å²) in [7, 11) is 0. The Balaban J connectivity index is 1.50. The fourth-order valence-electron chi connectivity index (χ4n) is 8.68. The van der Waals surface area contributed by atoms with E-state index in [-0.39, 0.29) is 6.10 Å². The Labute approximate surface area is 194 Å². The van der Waals surface area contributed by atoms with Crippen LogP contribution in [0.3, 0.4) is 0 Å². The lowest BCUT2D eigenvalue weighted by Crippen LogP contribution is -2.51. The largest absolute Gasteiger partial charge is 0.393 e. The second-order valence-corrected chi connectivity index (χ2v) is 12.3. The minimum Gasteiger partial charge on any atom is -0.393 e. The average molecular weight is 457 g/mol. The van der Waals surface area contributed by atoms with Crippen LogP contribution >= 0.6 is 23.2 Å². The Bertz CT molecular complexity index is 633. The Kier molecular flexibility index (Phi) is 7.21. The van der Waals surface area contributed by atoms with E-state index in [0.717, 1.165) is 56.1 Å². The Hall–Kier alpha value is 0.240. The fourth-order valence-corrected chi connectivity index (χ4v) is 9.16. The minimum absolute atomic E-state index is 0.102. The number of halogens is 2. The number of alkyl halides is 2. The number of allylic oxidation sites excluding steroid dienone is 1. The van der Waals surface area contributed by atoms with Crippen LogP contribution in [0.4, 0.5) is 0 Å². The van der Waals surface area contributed by atoms with E-state index in [4.69, 9.17) is 23.2 Å². The number of hydrogen-bond acceptors (Lipinski definition) is 2. The zero-order valence-corrected chi connectivity index (χ0v) is 20.9. The van der Waals surface area contributed by atoms with Crippen LogP contribution in [0.15, 0.2) is 11.6 Å². The molecular formula is C26H43Cl2NO. The summed E-state index contributed by atoms with van der Waals surface area (Å²) in [6, 6.07) is 0. The predicted molar refractivity (Wildman–Crippen MR) is 128 cm³/mol. The second-order valence-electron chi connectivity index (χ2n) is 11.5. The smallest absolute Gasteiger partial charge is 0.0577 e. The summed E-state index contributed by atoms with van der Waals surface area (Å²) in [5.41, 5.74) is 2.43. The summed E-state index contributed by atoms with van der Waals surface area (Å²) in [4.78, 5) is 2.48. The van der Waals surface area contributed by atoms with Crippen molar-refractivity contribution in [2.24, 2.45) is 40.4 Å². The van der Waals surface area contributed by atoms with Gasteiger partial charge in [-0.15, -0.1) is 23.2 Å². The molecule has 0 aliphatic heterocycles. The quantitative estimate of drug-likeness (QED) is 0.357. The molecule has 0 heterocycles. The van der Waals surface area contributed by atoms with E-state index in [1.807, 2.05) is 0 Å².